The average Bonchev–Trinajstić information content (AvgIpc) is 2.41. The molecule has 0 radical (unpaired) electrons. The fourth-order valence-electron chi connectivity index (χ4n) is 1.51. The van der Waals surface area contributed by atoms with Gasteiger partial charge in [-0.15, -0.1) is 0 Å². The number of benzene rings is 1. The minimum absolute atomic E-state index is 0.0342. The Bertz CT molecular complexity index is 617. The van der Waals surface area contributed by atoms with Crippen molar-refractivity contribution in [2.45, 2.75) is 0 Å². The Balaban J connectivity index is 2.38. The molecule has 0 unspecified atom stereocenters. The van der Waals surface area contributed by atoms with Crippen molar-refractivity contribution in [3.63, 3.8) is 0 Å². The van der Waals surface area contributed by atoms with Crippen LogP contribution in [0.3, 0.4) is 0 Å². The van der Waals surface area contributed by atoms with Gasteiger partial charge < -0.3 is 16.4 Å². The normalized spacial score (nSPS) is 10.0. The van der Waals surface area contributed by atoms with E-state index in [9.17, 15) is 9.18 Å². The van der Waals surface area contributed by atoms with Crippen LogP contribution in [0.15, 0.2) is 30.5 Å². The number of carbonyl (C=O) groups is 1. The predicted molar refractivity (Wildman–Crippen MR) is 69.8 cm³/mol. The topological polar surface area (TPSA) is 92.9 Å². The lowest BCUT2D eigenvalue weighted by Crippen LogP contribution is -2.13. The number of amides is 1. The zero-order valence-electron chi connectivity index (χ0n) is 10.1. The summed E-state index contributed by atoms with van der Waals surface area (Å²) in [5.41, 5.74) is 5.88. The summed E-state index contributed by atoms with van der Waals surface area (Å²) in [5.74, 6) is -1.00. The molecule has 7 heteroatoms. The Labute approximate surface area is 108 Å². The van der Waals surface area contributed by atoms with Gasteiger partial charge in [0.2, 0.25) is 5.95 Å². The number of para-hydroxylation sites is 1. The smallest absolute Gasteiger partial charge is 0.250 e. The lowest BCUT2D eigenvalue weighted by Gasteiger charge is -2.10. The highest BCUT2D eigenvalue weighted by Gasteiger charge is 2.11. The van der Waals surface area contributed by atoms with Gasteiger partial charge in [-0.1, -0.05) is 12.1 Å². The van der Waals surface area contributed by atoms with E-state index in [4.69, 9.17) is 5.73 Å². The van der Waals surface area contributed by atoms with Crippen LogP contribution >= 0.6 is 0 Å². The van der Waals surface area contributed by atoms with E-state index in [2.05, 4.69) is 20.6 Å². The molecule has 0 saturated carbocycles. The van der Waals surface area contributed by atoms with Crippen molar-refractivity contribution >= 4 is 23.4 Å². The number of anilines is 3. The highest BCUT2D eigenvalue weighted by Crippen LogP contribution is 2.21. The number of nitrogens with two attached hydrogens (primary N) is 1. The summed E-state index contributed by atoms with van der Waals surface area (Å²) in [6.45, 7) is 0. The first kappa shape index (κ1) is 12.7. The second kappa shape index (κ2) is 5.30. The lowest BCUT2D eigenvalue weighted by atomic mass is 10.1. The number of halogens is 1. The van der Waals surface area contributed by atoms with Gasteiger partial charge in [0.15, 0.2) is 11.6 Å². The molecule has 1 aromatic carbocycles. The lowest BCUT2D eigenvalue weighted by molar-refractivity contribution is 0.100. The van der Waals surface area contributed by atoms with E-state index in [1.807, 2.05) is 0 Å². The van der Waals surface area contributed by atoms with Crippen LogP contribution < -0.4 is 16.4 Å². The van der Waals surface area contributed by atoms with Crippen molar-refractivity contribution < 1.29 is 9.18 Å². The number of rotatable bonds is 4. The van der Waals surface area contributed by atoms with Crippen molar-refractivity contribution in [2.24, 2.45) is 5.73 Å². The Kier molecular flexibility index (Phi) is 3.56. The standard InChI is InChI=1S/C12H12FN5O/c1-15-12-16-6-8(13)11(18-12)17-9-5-3-2-4-7(9)10(14)19/h2-6H,1H3,(H2,14,19)(H2,15,16,17,18). The van der Waals surface area contributed by atoms with E-state index in [1.54, 1.807) is 31.3 Å². The maximum absolute atomic E-state index is 13.6. The minimum Gasteiger partial charge on any atom is -0.366 e. The van der Waals surface area contributed by atoms with E-state index >= 15 is 0 Å². The van der Waals surface area contributed by atoms with Gasteiger partial charge in [-0.05, 0) is 12.1 Å². The first-order valence-corrected chi connectivity index (χ1v) is 5.48. The van der Waals surface area contributed by atoms with Gasteiger partial charge in [0.1, 0.15) is 0 Å². The van der Waals surface area contributed by atoms with Crippen LogP contribution in [-0.4, -0.2) is 22.9 Å². The van der Waals surface area contributed by atoms with Gasteiger partial charge in [0, 0.05) is 7.05 Å². The molecule has 19 heavy (non-hydrogen) atoms. The number of aromatic nitrogens is 2. The summed E-state index contributed by atoms with van der Waals surface area (Å²) in [6, 6.07) is 6.52. The third-order valence-electron chi connectivity index (χ3n) is 2.41. The number of carbonyl (C=O) groups excluding carboxylic acids is 1. The van der Waals surface area contributed by atoms with E-state index < -0.39 is 11.7 Å². The first-order valence-electron chi connectivity index (χ1n) is 5.48. The largest absolute Gasteiger partial charge is 0.366 e. The van der Waals surface area contributed by atoms with Gasteiger partial charge >= 0.3 is 0 Å². The molecule has 0 atom stereocenters. The van der Waals surface area contributed by atoms with Gasteiger partial charge in [-0.3, -0.25) is 4.79 Å². The molecule has 98 valence electrons. The molecule has 2 rings (SSSR count). The average molecular weight is 261 g/mol. The molecule has 6 nitrogen and oxygen atoms in total. The van der Waals surface area contributed by atoms with E-state index in [0.29, 0.717) is 5.69 Å². The molecule has 1 amide bonds. The summed E-state index contributed by atoms with van der Waals surface area (Å²) >= 11 is 0. The maximum atomic E-state index is 13.6. The van der Waals surface area contributed by atoms with E-state index in [-0.39, 0.29) is 17.3 Å². The predicted octanol–water partition coefficient (Wildman–Crippen LogP) is 1.50. The molecule has 0 bridgehead atoms. The molecule has 0 aliphatic heterocycles. The van der Waals surface area contributed by atoms with E-state index in [0.717, 1.165) is 6.20 Å². The van der Waals surface area contributed by atoms with Crippen LogP contribution in [-0.2, 0) is 0 Å². The molecule has 2 aromatic rings. The second-order valence-electron chi connectivity index (χ2n) is 3.67. The molecule has 1 heterocycles. The summed E-state index contributed by atoms with van der Waals surface area (Å²) in [5, 5.41) is 5.43. The molecular formula is C12H12FN5O. The van der Waals surface area contributed by atoms with Gasteiger partial charge in [-0.2, -0.15) is 4.98 Å². The summed E-state index contributed by atoms with van der Waals surface area (Å²) in [4.78, 5) is 18.9. The number of nitrogens with one attached hydrogen (secondary N) is 2. The minimum atomic E-state index is -0.627. The van der Waals surface area contributed by atoms with Crippen LogP contribution in [0, 0.1) is 5.82 Å². The molecule has 0 aliphatic rings. The third-order valence-corrected chi connectivity index (χ3v) is 2.41. The fraction of sp³-hybridized carbons (Fsp3) is 0.0833. The summed E-state index contributed by atoms with van der Waals surface area (Å²) < 4.78 is 13.6. The van der Waals surface area contributed by atoms with E-state index in [1.165, 1.54) is 0 Å². The molecule has 4 N–H and O–H groups in total. The Morgan fingerprint density at radius 2 is 2.11 bits per heavy atom. The number of primary amides is 1. The molecule has 0 fully saturated rings. The highest BCUT2D eigenvalue weighted by atomic mass is 19.1. The van der Waals surface area contributed by atoms with Crippen LogP contribution in [0.4, 0.5) is 21.8 Å². The summed E-state index contributed by atoms with van der Waals surface area (Å²) in [6.07, 6.45) is 1.04. The second-order valence-corrected chi connectivity index (χ2v) is 3.67. The molecule has 0 spiro atoms. The molecule has 0 saturated heterocycles. The van der Waals surface area contributed by atoms with Gasteiger partial charge in [0.25, 0.3) is 5.91 Å². The van der Waals surface area contributed by atoms with Crippen molar-refractivity contribution in [1.29, 1.82) is 0 Å². The number of nitrogens with zero attached hydrogens (tertiary/aromatic N) is 2. The third kappa shape index (κ3) is 2.76. The zero-order valence-corrected chi connectivity index (χ0v) is 10.1. The van der Waals surface area contributed by atoms with Crippen molar-refractivity contribution in [3.05, 3.63) is 41.8 Å². The molecule has 0 aliphatic carbocycles. The molecular weight excluding hydrogens is 249 g/mol. The number of hydrogen-bond donors (Lipinski definition) is 3. The zero-order chi connectivity index (χ0) is 13.8. The fourth-order valence-corrected chi connectivity index (χ4v) is 1.51. The monoisotopic (exact) mass is 261 g/mol. The van der Waals surface area contributed by atoms with Crippen LogP contribution in [0.2, 0.25) is 0 Å². The van der Waals surface area contributed by atoms with Gasteiger partial charge in [0.05, 0.1) is 17.4 Å². The van der Waals surface area contributed by atoms with Crippen molar-refractivity contribution in [2.75, 3.05) is 17.7 Å². The van der Waals surface area contributed by atoms with Crippen LogP contribution in [0.5, 0.6) is 0 Å². The van der Waals surface area contributed by atoms with Crippen molar-refractivity contribution in [3.8, 4) is 0 Å². The Morgan fingerprint density at radius 3 is 2.79 bits per heavy atom. The first-order chi connectivity index (χ1) is 9.11. The van der Waals surface area contributed by atoms with Crippen LogP contribution in [0.1, 0.15) is 10.4 Å². The SMILES string of the molecule is CNc1ncc(F)c(Nc2ccccc2C(N)=O)n1. The number of hydrogen-bond acceptors (Lipinski definition) is 5. The van der Waals surface area contributed by atoms with Gasteiger partial charge in [-0.25, -0.2) is 9.37 Å². The Morgan fingerprint density at radius 1 is 1.37 bits per heavy atom. The quantitative estimate of drug-likeness (QED) is 0.775. The highest BCUT2D eigenvalue weighted by molar-refractivity contribution is 5.99. The summed E-state index contributed by atoms with van der Waals surface area (Å²) in [7, 11) is 1.62. The van der Waals surface area contributed by atoms with Crippen LogP contribution in [0.25, 0.3) is 0 Å². The maximum Gasteiger partial charge on any atom is 0.250 e. The Hall–Kier alpha value is -2.70. The van der Waals surface area contributed by atoms with Crippen molar-refractivity contribution in [1.82, 2.24) is 9.97 Å². The molecule has 1 aromatic heterocycles.